The average Bonchev–Trinajstić information content (AvgIpc) is 2.61. The first-order chi connectivity index (χ1) is 11.9. The van der Waals surface area contributed by atoms with Gasteiger partial charge in [-0.15, -0.1) is 0 Å². The Balaban J connectivity index is 2.21. The molecule has 132 valence electrons. The Bertz CT molecular complexity index is 742. The molecule has 5 heteroatoms. The van der Waals surface area contributed by atoms with Gasteiger partial charge in [-0.05, 0) is 31.0 Å². The van der Waals surface area contributed by atoms with Crippen molar-refractivity contribution >= 4 is 17.5 Å². The lowest BCUT2D eigenvalue weighted by atomic mass is 9.82. The van der Waals surface area contributed by atoms with Crippen LogP contribution in [0.25, 0.3) is 0 Å². The topological polar surface area (TPSA) is 84.2 Å². The molecular formula is C20H25N3O2. The molecule has 2 rings (SSSR count). The summed E-state index contributed by atoms with van der Waals surface area (Å²) in [5.74, 6) is -0.469. The normalized spacial score (nSPS) is 12.3. The van der Waals surface area contributed by atoms with Gasteiger partial charge in [0.15, 0.2) is 0 Å². The van der Waals surface area contributed by atoms with Crippen LogP contribution >= 0.6 is 0 Å². The second-order valence-corrected chi connectivity index (χ2v) is 6.54. The van der Waals surface area contributed by atoms with Crippen LogP contribution < -0.4 is 16.4 Å². The minimum Gasteiger partial charge on any atom is -0.398 e. The van der Waals surface area contributed by atoms with Crippen LogP contribution in [-0.4, -0.2) is 24.9 Å². The molecule has 2 aromatic rings. The Labute approximate surface area is 148 Å². The molecular weight excluding hydrogens is 314 g/mol. The Hall–Kier alpha value is -2.82. The number of rotatable bonds is 6. The van der Waals surface area contributed by atoms with Gasteiger partial charge >= 0.3 is 0 Å². The van der Waals surface area contributed by atoms with E-state index < -0.39 is 11.5 Å². The molecule has 4 N–H and O–H groups in total. The van der Waals surface area contributed by atoms with E-state index in [1.54, 1.807) is 27.0 Å². The van der Waals surface area contributed by atoms with E-state index in [9.17, 15) is 9.59 Å². The molecule has 0 aromatic heterocycles. The van der Waals surface area contributed by atoms with E-state index in [0.717, 1.165) is 11.1 Å². The van der Waals surface area contributed by atoms with Crippen molar-refractivity contribution in [3.63, 3.8) is 0 Å². The first-order valence-corrected chi connectivity index (χ1v) is 8.27. The molecule has 2 amide bonds. The van der Waals surface area contributed by atoms with E-state index in [4.69, 9.17) is 5.73 Å². The molecule has 0 aliphatic carbocycles. The van der Waals surface area contributed by atoms with Gasteiger partial charge in [0, 0.05) is 19.2 Å². The van der Waals surface area contributed by atoms with Crippen LogP contribution in [0.15, 0.2) is 54.6 Å². The summed E-state index contributed by atoms with van der Waals surface area (Å²) < 4.78 is 0. The van der Waals surface area contributed by atoms with Crippen molar-refractivity contribution < 1.29 is 9.59 Å². The van der Waals surface area contributed by atoms with Crippen molar-refractivity contribution in [3.8, 4) is 0 Å². The van der Waals surface area contributed by atoms with E-state index >= 15 is 0 Å². The lowest BCUT2D eigenvalue weighted by Crippen LogP contribution is -2.52. The van der Waals surface area contributed by atoms with Gasteiger partial charge in [-0.2, -0.15) is 0 Å². The molecule has 1 atom stereocenters. The van der Waals surface area contributed by atoms with Crippen LogP contribution in [-0.2, 0) is 21.4 Å². The van der Waals surface area contributed by atoms with Crippen molar-refractivity contribution in [1.82, 2.24) is 10.6 Å². The maximum absolute atomic E-state index is 12.9. The van der Waals surface area contributed by atoms with Crippen LogP contribution in [0.4, 0.5) is 5.69 Å². The van der Waals surface area contributed by atoms with Crippen LogP contribution in [0.5, 0.6) is 0 Å². The summed E-state index contributed by atoms with van der Waals surface area (Å²) in [5, 5.41) is 5.49. The fraction of sp³-hybridized carbons (Fsp3) is 0.300. The highest BCUT2D eigenvalue weighted by atomic mass is 16.2. The molecule has 2 aromatic carbocycles. The third-order valence-corrected chi connectivity index (χ3v) is 4.35. The standard InChI is InChI=1S/C20H25N3O2/c1-20(2,15-11-7-8-12-16(15)21)19(25)23-17(18(24)22-3)13-14-9-5-4-6-10-14/h4-12,17H,13,21H2,1-3H3,(H,22,24)(H,23,25)/t17-/m0/s1. The monoisotopic (exact) mass is 339 g/mol. The van der Waals surface area contributed by atoms with Gasteiger partial charge in [-0.3, -0.25) is 9.59 Å². The Morgan fingerprint density at radius 2 is 1.64 bits per heavy atom. The molecule has 5 nitrogen and oxygen atoms in total. The summed E-state index contributed by atoms with van der Waals surface area (Å²) in [6.45, 7) is 3.61. The highest BCUT2D eigenvalue weighted by molar-refractivity contribution is 5.93. The number of carbonyl (C=O) groups excluding carboxylic acids is 2. The second-order valence-electron chi connectivity index (χ2n) is 6.54. The van der Waals surface area contributed by atoms with Gasteiger partial charge in [0.2, 0.25) is 11.8 Å². The largest absolute Gasteiger partial charge is 0.398 e. The molecule has 0 unspecified atom stereocenters. The number of carbonyl (C=O) groups is 2. The predicted octanol–water partition coefficient (Wildman–Crippen LogP) is 2.02. The van der Waals surface area contributed by atoms with Crippen LogP contribution in [0.2, 0.25) is 0 Å². The van der Waals surface area contributed by atoms with Crippen molar-refractivity contribution in [2.24, 2.45) is 0 Å². The van der Waals surface area contributed by atoms with E-state index in [2.05, 4.69) is 10.6 Å². The number of anilines is 1. The molecule has 25 heavy (non-hydrogen) atoms. The highest BCUT2D eigenvalue weighted by Crippen LogP contribution is 2.28. The zero-order valence-electron chi connectivity index (χ0n) is 14.9. The molecule has 0 radical (unpaired) electrons. The minimum atomic E-state index is -0.853. The molecule has 0 heterocycles. The smallest absolute Gasteiger partial charge is 0.242 e. The minimum absolute atomic E-state index is 0.228. The Morgan fingerprint density at radius 3 is 2.24 bits per heavy atom. The van der Waals surface area contributed by atoms with Crippen LogP contribution in [0.3, 0.4) is 0 Å². The lowest BCUT2D eigenvalue weighted by Gasteiger charge is -2.28. The van der Waals surface area contributed by atoms with Gasteiger partial charge in [0.05, 0.1) is 5.41 Å². The zero-order valence-corrected chi connectivity index (χ0v) is 14.9. The molecule has 0 saturated carbocycles. The van der Waals surface area contributed by atoms with Gasteiger partial charge in [0.25, 0.3) is 0 Å². The zero-order chi connectivity index (χ0) is 18.4. The van der Waals surface area contributed by atoms with Gasteiger partial charge < -0.3 is 16.4 Å². The summed E-state index contributed by atoms with van der Waals surface area (Å²) in [5.41, 5.74) is 7.45. The number of benzene rings is 2. The van der Waals surface area contributed by atoms with E-state index in [0.29, 0.717) is 12.1 Å². The maximum Gasteiger partial charge on any atom is 0.242 e. The number of likely N-dealkylation sites (N-methyl/N-ethyl adjacent to an activating group) is 1. The van der Waals surface area contributed by atoms with Crippen molar-refractivity contribution in [1.29, 1.82) is 0 Å². The third kappa shape index (κ3) is 4.38. The van der Waals surface area contributed by atoms with E-state index in [1.807, 2.05) is 48.5 Å². The van der Waals surface area contributed by atoms with Crippen LogP contribution in [0, 0.1) is 0 Å². The quantitative estimate of drug-likeness (QED) is 0.704. The summed E-state index contributed by atoms with van der Waals surface area (Å²) in [4.78, 5) is 25.1. The SMILES string of the molecule is CNC(=O)[C@H](Cc1ccccc1)NC(=O)C(C)(C)c1ccccc1N. The molecule has 0 bridgehead atoms. The highest BCUT2D eigenvalue weighted by Gasteiger charge is 2.34. The van der Waals surface area contributed by atoms with Crippen molar-refractivity contribution in [3.05, 3.63) is 65.7 Å². The van der Waals surface area contributed by atoms with Crippen molar-refractivity contribution in [2.45, 2.75) is 31.7 Å². The second kappa shape index (κ2) is 7.83. The molecule has 0 saturated heterocycles. The summed E-state index contributed by atoms with van der Waals surface area (Å²) in [6, 6.07) is 16.2. The summed E-state index contributed by atoms with van der Waals surface area (Å²) in [7, 11) is 1.56. The number of nitrogens with two attached hydrogens (primary N) is 1. The van der Waals surface area contributed by atoms with Gasteiger partial charge in [-0.1, -0.05) is 48.5 Å². The van der Waals surface area contributed by atoms with Gasteiger partial charge in [0.1, 0.15) is 6.04 Å². The number of para-hydroxylation sites is 1. The van der Waals surface area contributed by atoms with Gasteiger partial charge in [-0.25, -0.2) is 0 Å². The average molecular weight is 339 g/mol. The fourth-order valence-electron chi connectivity index (χ4n) is 2.76. The first-order valence-electron chi connectivity index (χ1n) is 8.27. The summed E-state index contributed by atoms with van der Waals surface area (Å²) >= 11 is 0. The maximum atomic E-state index is 12.9. The number of hydrogen-bond donors (Lipinski definition) is 3. The fourth-order valence-corrected chi connectivity index (χ4v) is 2.76. The summed E-state index contributed by atoms with van der Waals surface area (Å²) in [6.07, 6.45) is 0.423. The number of hydrogen-bond acceptors (Lipinski definition) is 3. The molecule has 0 fully saturated rings. The molecule has 0 aliphatic rings. The molecule has 0 aliphatic heterocycles. The Morgan fingerprint density at radius 1 is 1.04 bits per heavy atom. The van der Waals surface area contributed by atoms with E-state index in [1.165, 1.54) is 0 Å². The van der Waals surface area contributed by atoms with Crippen LogP contribution in [0.1, 0.15) is 25.0 Å². The van der Waals surface area contributed by atoms with Crippen molar-refractivity contribution in [2.75, 3.05) is 12.8 Å². The number of nitrogen functional groups attached to an aromatic ring is 1. The molecule has 0 spiro atoms. The van der Waals surface area contributed by atoms with E-state index in [-0.39, 0.29) is 11.8 Å². The Kier molecular flexibility index (Phi) is 5.80. The predicted molar refractivity (Wildman–Crippen MR) is 100 cm³/mol. The number of amides is 2. The number of nitrogens with one attached hydrogen (secondary N) is 2. The lowest BCUT2D eigenvalue weighted by molar-refractivity contribution is -0.131. The third-order valence-electron chi connectivity index (χ3n) is 4.35. The first kappa shape index (κ1) is 18.5.